The van der Waals surface area contributed by atoms with E-state index in [0.717, 1.165) is 4.90 Å². The maximum atomic E-state index is 14.1. The fourth-order valence-electron chi connectivity index (χ4n) is 3.88. The molecule has 0 spiro atoms. The van der Waals surface area contributed by atoms with Crippen molar-refractivity contribution in [1.29, 1.82) is 0 Å². The number of hydrogen-bond donors (Lipinski definition) is 2. The first kappa shape index (κ1) is 23.6. The number of anilines is 1. The van der Waals surface area contributed by atoms with Crippen molar-refractivity contribution in [3.8, 4) is 11.5 Å². The highest BCUT2D eigenvalue weighted by Crippen LogP contribution is 2.35. The number of carbonyl (C=O) groups excluding carboxylic acids is 1. The van der Waals surface area contributed by atoms with Gasteiger partial charge in [-0.3, -0.25) is 4.79 Å². The van der Waals surface area contributed by atoms with E-state index in [2.05, 4.69) is 10.3 Å². The number of ether oxygens (including phenoxy) is 2. The van der Waals surface area contributed by atoms with Crippen LogP contribution in [-0.2, 0) is 0 Å². The number of rotatable bonds is 8. The van der Waals surface area contributed by atoms with E-state index in [1.807, 2.05) is 18.4 Å². The molecule has 4 rings (SSSR count). The van der Waals surface area contributed by atoms with E-state index in [9.17, 15) is 13.6 Å². The molecule has 1 unspecified atom stereocenters. The van der Waals surface area contributed by atoms with Gasteiger partial charge in [-0.15, -0.1) is 11.8 Å². The molecule has 1 heterocycles. The van der Waals surface area contributed by atoms with E-state index in [1.165, 1.54) is 43.1 Å². The molecule has 0 saturated carbocycles. The van der Waals surface area contributed by atoms with Crippen molar-refractivity contribution in [2.24, 2.45) is 0 Å². The molecule has 0 bridgehead atoms. The van der Waals surface area contributed by atoms with Crippen molar-refractivity contribution >= 4 is 34.1 Å². The number of aromatic nitrogens is 1. The van der Waals surface area contributed by atoms with E-state index in [-0.39, 0.29) is 17.3 Å². The summed E-state index contributed by atoms with van der Waals surface area (Å²) in [7, 11) is 3.00. The van der Waals surface area contributed by atoms with E-state index >= 15 is 0 Å². The standard InChI is InChI=1S/C26H24F2N2O3S/c1-14-7-20-21(13-29-23(20)12-22(14)28)26(31)25(19-6-5-15(27)8-24(19)33-3)30-16-9-17(32-2)11-18(10-16)34-4/h5-13,25,29-30H,1-4H3. The van der Waals surface area contributed by atoms with Crippen molar-refractivity contribution in [3.63, 3.8) is 0 Å². The number of H-pyrrole nitrogens is 1. The molecule has 1 atom stereocenters. The molecular weight excluding hydrogens is 458 g/mol. The Hall–Kier alpha value is -3.52. The Morgan fingerprint density at radius 3 is 2.56 bits per heavy atom. The quantitative estimate of drug-likeness (QED) is 0.221. The van der Waals surface area contributed by atoms with Gasteiger partial charge < -0.3 is 19.8 Å². The lowest BCUT2D eigenvalue weighted by Crippen LogP contribution is -2.22. The fourth-order valence-corrected chi connectivity index (χ4v) is 4.36. The lowest BCUT2D eigenvalue weighted by Gasteiger charge is -2.22. The second kappa shape index (κ2) is 9.77. The summed E-state index contributed by atoms with van der Waals surface area (Å²) >= 11 is 1.54. The van der Waals surface area contributed by atoms with Gasteiger partial charge in [0.1, 0.15) is 29.2 Å². The zero-order chi connectivity index (χ0) is 24.4. The summed E-state index contributed by atoms with van der Waals surface area (Å²) in [4.78, 5) is 17.8. The number of carbonyl (C=O) groups is 1. The highest BCUT2D eigenvalue weighted by atomic mass is 32.2. The van der Waals surface area contributed by atoms with Crippen LogP contribution < -0.4 is 14.8 Å². The zero-order valence-corrected chi connectivity index (χ0v) is 20.0. The van der Waals surface area contributed by atoms with Gasteiger partial charge in [-0.2, -0.15) is 0 Å². The summed E-state index contributed by atoms with van der Waals surface area (Å²) in [6, 6.07) is 11.7. The lowest BCUT2D eigenvalue weighted by molar-refractivity contribution is 0.0970. The molecule has 0 aliphatic heterocycles. The van der Waals surface area contributed by atoms with Gasteiger partial charge in [-0.25, -0.2) is 8.78 Å². The molecule has 1 aromatic heterocycles. The first-order valence-corrected chi connectivity index (χ1v) is 11.7. The number of Topliss-reactive ketones (excluding diaryl/α,β-unsaturated/α-hetero) is 1. The Labute approximate surface area is 200 Å². The van der Waals surface area contributed by atoms with E-state index < -0.39 is 11.9 Å². The number of methoxy groups -OCH3 is 2. The normalized spacial score (nSPS) is 11.9. The van der Waals surface area contributed by atoms with Crippen molar-refractivity contribution in [3.05, 3.63) is 83.1 Å². The minimum atomic E-state index is -0.915. The summed E-state index contributed by atoms with van der Waals surface area (Å²) < 4.78 is 38.8. The average molecular weight is 483 g/mol. The molecule has 5 nitrogen and oxygen atoms in total. The van der Waals surface area contributed by atoms with Crippen molar-refractivity contribution in [2.45, 2.75) is 17.9 Å². The predicted octanol–water partition coefficient (Wildman–Crippen LogP) is 6.53. The van der Waals surface area contributed by atoms with Gasteiger partial charge in [-0.05, 0) is 55.1 Å². The number of thioether (sulfide) groups is 1. The molecule has 2 N–H and O–H groups in total. The predicted molar refractivity (Wildman–Crippen MR) is 131 cm³/mol. The first-order chi connectivity index (χ1) is 16.3. The minimum absolute atomic E-state index is 0.237. The summed E-state index contributed by atoms with van der Waals surface area (Å²) in [5.41, 5.74) is 2.45. The highest BCUT2D eigenvalue weighted by Gasteiger charge is 2.28. The molecule has 3 aromatic carbocycles. The number of aromatic amines is 1. The van der Waals surface area contributed by atoms with Crippen LogP contribution in [0.4, 0.5) is 14.5 Å². The molecule has 176 valence electrons. The maximum Gasteiger partial charge on any atom is 0.191 e. The first-order valence-electron chi connectivity index (χ1n) is 10.5. The zero-order valence-electron chi connectivity index (χ0n) is 19.2. The summed E-state index contributed by atoms with van der Waals surface area (Å²) in [6.07, 6.45) is 3.51. The maximum absolute atomic E-state index is 14.1. The average Bonchev–Trinajstić information content (AvgIpc) is 3.24. The Kier molecular flexibility index (Phi) is 6.79. The van der Waals surface area contributed by atoms with Gasteiger partial charge in [0.2, 0.25) is 0 Å². The van der Waals surface area contributed by atoms with Crippen molar-refractivity contribution < 1.29 is 23.0 Å². The molecule has 0 aliphatic carbocycles. The lowest BCUT2D eigenvalue weighted by atomic mass is 9.95. The van der Waals surface area contributed by atoms with Crippen LogP contribution >= 0.6 is 11.8 Å². The highest BCUT2D eigenvalue weighted by molar-refractivity contribution is 7.98. The third-order valence-electron chi connectivity index (χ3n) is 5.66. The van der Waals surface area contributed by atoms with Crippen LogP contribution in [0.1, 0.15) is 27.5 Å². The van der Waals surface area contributed by atoms with Crippen LogP contribution in [0.25, 0.3) is 10.9 Å². The molecule has 0 aliphatic rings. The summed E-state index contributed by atoms with van der Waals surface area (Å²) in [6.45, 7) is 1.65. The van der Waals surface area contributed by atoms with Crippen molar-refractivity contribution in [2.75, 3.05) is 25.8 Å². The Morgan fingerprint density at radius 2 is 1.85 bits per heavy atom. The second-order valence-corrected chi connectivity index (χ2v) is 8.66. The van der Waals surface area contributed by atoms with Crippen molar-refractivity contribution in [1.82, 2.24) is 4.98 Å². The molecule has 0 saturated heterocycles. The van der Waals surface area contributed by atoms with Gasteiger partial charge in [-0.1, -0.05) is 0 Å². The van der Waals surface area contributed by atoms with Gasteiger partial charge >= 0.3 is 0 Å². The Bertz CT molecular complexity index is 1350. The smallest absolute Gasteiger partial charge is 0.191 e. The molecule has 4 aromatic rings. The van der Waals surface area contributed by atoms with Crippen LogP contribution in [0.3, 0.4) is 0 Å². The number of hydrogen-bond acceptors (Lipinski definition) is 5. The number of ketones is 1. The summed E-state index contributed by atoms with van der Waals surface area (Å²) in [5, 5.41) is 3.89. The number of nitrogens with one attached hydrogen (secondary N) is 2. The van der Waals surface area contributed by atoms with Gasteiger partial charge in [0.15, 0.2) is 5.78 Å². The Balaban J connectivity index is 1.85. The topological polar surface area (TPSA) is 63.3 Å². The largest absolute Gasteiger partial charge is 0.497 e. The molecule has 0 fully saturated rings. The molecule has 8 heteroatoms. The molecule has 0 radical (unpaired) electrons. The van der Waals surface area contributed by atoms with E-state index in [1.54, 1.807) is 32.4 Å². The molecular formula is C26H24F2N2O3S. The third kappa shape index (κ3) is 4.59. The van der Waals surface area contributed by atoms with E-state index in [0.29, 0.717) is 39.0 Å². The number of benzene rings is 3. The SMILES string of the molecule is COc1cc(NC(C(=O)c2c[nH]c3cc(F)c(C)cc23)c2ccc(F)cc2OC)cc(SC)c1. The van der Waals surface area contributed by atoms with Crippen LogP contribution in [0.5, 0.6) is 11.5 Å². The third-order valence-corrected chi connectivity index (χ3v) is 6.36. The fraction of sp³-hybridized carbons (Fsp3) is 0.192. The van der Waals surface area contributed by atoms with Gasteiger partial charge in [0.25, 0.3) is 0 Å². The number of aryl methyl sites for hydroxylation is 1. The Morgan fingerprint density at radius 1 is 1.06 bits per heavy atom. The van der Waals surface area contributed by atoms with Crippen LogP contribution in [0, 0.1) is 18.6 Å². The molecule has 0 amide bonds. The van der Waals surface area contributed by atoms with Crippen LogP contribution in [-0.4, -0.2) is 31.2 Å². The molecule has 34 heavy (non-hydrogen) atoms. The van der Waals surface area contributed by atoms with E-state index in [4.69, 9.17) is 9.47 Å². The summed E-state index contributed by atoms with van der Waals surface area (Å²) in [5.74, 6) is -0.248. The second-order valence-electron chi connectivity index (χ2n) is 7.78. The monoisotopic (exact) mass is 482 g/mol. The van der Waals surface area contributed by atoms with Gasteiger partial charge in [0, 0.05) is 50.9 Å². The number of fused-ring (bicyclic) bond motifs is 1. The number of halogens is 2. The van der Waals surface area contributed by atoms with Crippen LogP contribution in [0.2, 0.25) is 0 Å². The minimum Gasteiger partial charge on any atom is -0.497 e. The van der Waals surface area contributed by atoms with Crippen LogP contribution in [0.15, 0.2) is 59.6 Å². The van der Waals surface area contributed by atoms with Gasteiger partial charge in [0.05, 0.1) is 14.2 Å².